The minimum absolute atomic E-state index is 0. The van der Waals surface area contributed by atoms with Gasteiger partial charge in [0.05, 0.1) is 19.8 Å². The number of hydrogen-bond donors (Lipinski definition) is 1. The average Bonchev–Trinajstić information content (AvgIpc) is 2.36. The van der Waals surface area contributed by atoms with Gasteiger partial charge in [-0.05, 0) is 12.6 Å². The lowest BCUT2D eigenvalue weighted by Crippen LogP contribution is -2.36. The lowest BCUT2D eigenvalue weighted by molar-refractivity contribution is -0.129. The maximum atomic E-state index is 11.4. The molecule has 0 aliphatic carbocycles. The van der Waals surface area contributed by atoms with Crippen LogP contribution in [-0.2, 0) is 16.1 Å². The number of carbonyl (C=O) groups excluding carboxylic acids is 1. The van der Waals surface area contributed by atoms with Gasteiger partial charge < -0.3 is 15.0 Å². The fraction of sp³-hybridized carbons (Fsp3) is 0.462. The Kier molecular flexibility index (Phi) is 9.28. The Morgan fingerprint density at radius 1 is 1.33 bits per heavy atom. The molecule has 1 rings (SSSR count). The topological polar surface area (TPSA) is 41.6 Å². The van der Waals surface area contributed by atoms with Crippen molar-refractivity contribution in [3.8, 4) is 0 Å². The molecule has 0 saturated heterocycles. The highest BCUT2D eigenvalue weighted by molar-refractivity contribution is 5.85. The van der Waals surface area contributed by atoms with Crippen LogP contribution in [-0.4, -0.2) is 44.6 Å². The standard InChI is InChI=1S/C13H20N2O2.ClH/c1-14-10-13(16)15(2)8-9-17-11-12-6-4-3-5-7-12;/h3-7,14H,8-11H2,1-2H3;1H. The molecule has 18 heavy (non-hydrogen) atoms. The second-order valence-electron chi connectivity index (χ2n) is 3.88. The molecule has 0 aromatic heterocycles. The molecule has 0 heterocycles. The normalized spacial score (nSPS) is 9.67. The third-order valence-electron chi connectivity index (χ3n) is 2.44. The van der Waals surface area contributed by atoms with Gasteiger partial charge in [0.15, 0.2) is 0 Å². The first-order chi connectivity index (χ1) is 8.24. The van der Waals surface area contributed by atoms with Crippen LogP contribution in [0.3, 0.4) is 0 Å². The van der Waals surface area contributed by atoms with E-state index in [-0.39, 0.29) is 18.3 Å². The summed E-state index contributed by atoms with van der Waals surface area (Å²) in [5.41, 5.74) is 1.15. The summed E-state index contributed by atoms with van der Waals surface area (Å²) in [6.45, 7) is 2.14. The van der Waals surface area contributed by atoms with Crippen LogP contribution in [0.2, 0.25) is 0 Å². The highest BCUT2D eigenvalue weighted by atomic mass is 35.5. The monoisotopic (exact) mass is 272 g/mol. The predicted octanol–water partition coefficient (Wildman–Crippen LogP) is 1.30. The summed E-state index contributed by atoms with van der Waals surface area (Å²) in [6.07, 6.45) is 0. The molecule has 5 heteroatoms. The van der Waals surface area contributed by atoms with Crippen LogP contribution >= 0.6 is 12.4 Å². The van der Waals surface area contributed by atoms with Crippen molar-refractivity contribution < 1.29 is 9.53 Å². The van der Waals surface area contributed by atoms with E-state index >= 15 is 0 Å². The van der Waals surface area contributed by atoms with Gasteiger partial charge in [0, 0.05) is 13.6 Å². The molecule has 1 amide bonds. The summed E-state index contributed by atoms with van der Waals surface area (Å²) in [5, 5.41) is 2.83. The molecule has 0 bridgehead atoms. The number of amides is 1. The highest BCUT2D eigenvalue weighted by Gasteiger charge is 2.06. The molecular weight excluding hydrogens is 252 g/mol. The van der Waals surface area contributed by atoms with E-state index in [1.807, 2.05) is 30.3 Å². The Hall–Kier alpha value is -1.10. The Balaban J connectivity index is 0.00000289. The maximum Gasteiger partial charge on any atom is 0.236 e. The summed E-state index contributed by atoms with van der Waals surface area (Å²) in [5.74, 6) is 0.0795. The second-order valence-corrected chi connectivity index (χ2v) is 3.88. The molecule has 0 aliphatic heterocycles. The van der Waals surface area contributed by atoms with Crippen LogP contribution in [0.15, 0.2) is 30.3 Å². The van der Waals surface area contributed by atoms with Gasteiger partial charge in [0.25, 0.3) is 0 Å². The molecule has 0 fully saturated rings. The number of ether oxygens (including phenoxy) is 1. The van der Waals surface area contributed by atoms with Gasteiger partial charge in [-0.25, -0.2) is 0 Å². The fourth-order valence-corrected chi connectivity index (χ4v) is 1.38. The van der Waals surface area contributed by atoms with Gasteiger partial charge in [-0.2, -0.15) is 0 Å². The molecule has 0 aliphatic rings. The minimum Gasteiger partial charge on any atom is -0.375 e. The van der Waals surface area contributed by atoms with E-state index in [2.05, 4.69) is 5.32 Å². The first-order valence-electron chi connectivity index (χ1n) is 5.74. The Morgan fingerprint density at radius 2 is 2.00 bits per heavy atom. The van der Waals surface area contributed by atoms with Crippen molar-refractivity contribution in [1.29, 1.82) is 0 Å². The molecule has 0 saturated carbocycles. The molecule has 0 unspecified atom stereocenters. The Morgan fingerprint density at radius 3 is 2.61 bits per heavy atom. The number of hydrogen-bond acceptors (Lipinski definition) is 3. The van der Waals surface area contributed by atoms with Crippen LogP contribution < -0.4 is 5.32 Å². The Labute approximate surface area is 115 Å². The van der Waals surface area contributed by atoms with E-state index in [9.17, 15) is 4.79 Å². The SMILES string of the molecule is CNCC(=O)N(C)CCOCc1ccccc1.Cl. The van der Waals surface area contributed by atoms with E-state index in [1.54, 1.807) is 19.0 Å². The lowest BCUT2D eigenvalue weighted by Gasteiger charge is -2.16. The molecular formula is C13H21ClN2O2. The zero-order valence-corrected chi connectivity index (χ0v) is 11.7. The van der Waals surface area contributed by atoms with Crippen molar-refractivity contribution >= 4 is 18.3 Å². The summed E-state index contributed by atoms with van der Waals surface area (Å²) >= 11 is 0. The quantitative estimate of drug-likeness (QED) is 0.761. The number of halogens is 1. The number of nitrogens with one attached hydrogen (secondary N) is 1. The van der Waals surface area contributed by atoms with Crippen LogP contribution in [0.1, 0.15) is 5.56 Å². The fourth-order valence-electron chi connectivity index (χ4n) is 1.38. The van der Waals surface area contributed by atoms with E-state index < -0.39 is 0 Å². The van der Waals surface area contributed by atoms with Gasteiger partial charge in [0.2, 0.25) is 5.91 Å². The lowest BCUT2D eigenvalue weighted by atomic mass is 10.2. The smallest absolute Gasteiger partial charge is 0.236 e. The van der Waals surface area contributed by atoms with Crippen molar-refractivity contribution in [3.05, 3.63) is 35.9 Å². The van der Waals surface area contributed by atoms with Crippen LogP contribution in [0.5, 0.6) is 0 Å². The molecule has 0 spiro atoms. The summed E-state index contributed by atoms with van der Waals surface area (Å²) in [7, 11) is 3.54. The first kappa shape index (κ1) is 16.9. The van der Waals surface area contributed by atoms with Gasteiger partial charge in [-0.1, -0.05) is 30.3 Å². The number of rotatable bonds is 7. The number of carbonyl (C=O) groups is 1. The first-order valence-corrected chi connectivity index (χ1v) is 5.74. The van der Waals surface area contributed by atoms with E-state index in [4.69, 9.17) is 4.74 Å². The number of nitrogens with zero attached hydrogens (tertiary/aromatic N) is 1. The summed E-state index contributed by atoms with van der Waals surface area (Å²) in [4.78, 5) is 13.1. The number of benzene rings is 1. The van der Waals surface area contributed by atoms with Crippen LogP contribution in [0, 0.1) is 0 Å². The maximum absolute atomic E-state index is 11.4. The average molecular weight is 273 g/mol. The van der Waals surface area contributed by atoms with Crippen molar-refractivity contribution in [1.82, 2.24) is 10.2 Å². The largest absolute Gasteiger partial charge is 0.375 e. The van der Waals surface area contributed by atoms with E-state index in [1.165, 1.54) is 0 Å². The van der Waals surface area contributed by atoms with Gasteiger partial charge >= 0.3 is 0 Å². The van der Waals surface area contributed by atoms with E-state index in [0.717, 1.165) is 5.56 Å². The molecule has 0 atom stereocenters. The Bertz CT molecular complexity index is 333. The minimum atomic E-state index is 0. The molecule has 102 valence electrons. The van der Waals surface area contributed by atoms with Gasteiger partial charge in [-0.3, -0.25) is 4.79 Å². The van der Waals surface area contributed by atoms with Crippen molar-refractivity contribution in [3.63, 3.8) is 0 Å². The van der Waals surface area contributed by atoms with E-state index in [0.29, 0.717) is 26.3 Å². The van der Waals surface area contributed by atoms with Gasteiger partial charge in [0.1, 0.15) is 0 Å². The van der Waals surface area contributed by atoms with Crippen LogP contribution in [0.25, 0.3) is 0 Å². The summed E-state index contributed by atoms with van der Waals surface area (Å²) < 4.78 is 5.50. The zero-order chi connectivity index (χ0) is 12.5. The van der Waals surface area contributed by atoms with Crippen molar-refractivity contribution in [2.24, 2.45) is 0 Å². The second kappa shape index (κ2) is 9.88. The molecule has 0 radical (unpaired) electrons. The molecule has 4 nitrogen and oxygen atoms in total. The summed E-state index contributed by atoms with van der Waals surface area (Å²) in [6, 6.07) is 10.0. The third kappa shape index (κ3) is 6.59. The van der Waals surface area contributed by atoms with Crippen LogP contribution in [0.4, 0.5) is 0 Å². The van der Waals surface area contributed by atoms with Gasteiger partial charge in [-0.15, -0.1) is 12.4 Å². The highest BCUT2D eigenvalue weighted by Crippen LogP contribution is 2.00. The third-order valence-corrected chi connectivity index (χ3v) is 2.44. The molecule has 1 N–H and O–H groups in total. The van der Waals surface area contributed by atoms with Crippen molar-refractivity contribution in [2.45, 2.75) is 6.61 Å². The van der Waals surface area contributed by atoms with Crippen molar-refractivity contribution in [2.75, 3.05) is 33.8 Å². The molecule has 1 aromatic carbocycles. The number of likely N-dealkylation sites (N-methyl/N-ethyl adjacent to an activating group) is 2. The predicted molar refractivity (Wildman–Crippen MR) is 74.9 cm³/mol. The zero-order valence-electron chi connectivity index (χ0n) is 10.9. The molecule has 1 aromatic rings.